The Morgan fingerprint density at radius 3 is 2.50 bits per heavy atom. The normalized spacial score (nSPS) is 17.4. The molecule has 10 nitrogen and oxygen atoms in total. The number of ether oxygens (including phenoxy) is 2. The Hall–Kier alpha value is -3.47. The average molecular weight is 471 g/mol. The van der Waals surface area contributed by atoms with Crippen LogP contribution in [0.3, 0.4) is 0 Å². The summed E-state index contributed by atoms with van der Waals surface area (Å²) in [4.78, 5) is 23.7. The minimum absolute atomic E-state index is 0.177. The van der Waals surface area contributed by atoms with Crippen molar-refractivity contribution in [1.29, 1.82) is 0 Å². The summed E-state index contributed by atoms with van der Waals surface area (Å²) in [6.45, 7) is 5.50. The minimum atomic E-state index is -0.889. The minimum Gasteiger partial charge on any atom is -0.467 e. The van der Waals surface area contributed by atoms with Crippen molar-refractivity contribution in [2.75, 3.05) is 51.4 Å². The largest absolute Gasteiger partial charge is 0.467 e. The van der Waals surface area contributed by atoms with Crippen LogP contribution in [0.1, 0.15) is 29.9 Å². The van der Waals surface area contributed by atoms with Crippen LogP contribution in [0.5, 0.6) is 6.01 Å². The van der Waals surface area contributed by atoms with E-state index in [0.29, 0.717) is 61.9 Å². The molecule has 0 radical (unpaired) electrons. The van der Waals surface area contributed by atoms with Crippen LogP contribution < -0.4 is 9.64 Å². The second-order valence-electron chi connectivity index (χ2n) is 8.64. The third kappa shape index (κ3) is 4.11. The van der Waals surface area contributed by atoms with Crippen LogP contribution >= 0.6 is 0 Å². The summed E-state index contributed by atoms with van der Waals surface area (Å²) >= 11 is 0. The van der Waals surface area contributed by atoms with Gasteiger partial charge in [-0.05, 0) is 48.9 Å². The predicted octanol–water partition coefficient (Wildman–Crippen LogP) is 2.97. The highest BCUT2D eigenvalue weighted by atomic mass is 19.1. The van der Waals surface area contributed by atoms with Gasteiger partial charge >= 0.3 is 12.1 Å². The third-order valence-corrected chi connectivity index (χ3v) is 6.64. The van der Waals surface area contributed by atoms with E-state index in [2.05, 4.69) is 20.0 Å². The second kappa shape index (κ2) is 9.05. The maximum atomic E-state index is 14.9. The van der Waals surface area contributed by atoms with Crippen LogP contribution in [0.4, 0.5) is 15.0 Å². The number of hydrogen-bond acceptors (Lipinski definition) is 7. The van der Waals surface area contributed by atoms with E-state index in [9.17, 15) is 14.3 Å². The van der Waals surface area contributed by atoms with Gasteiger partial charge in [-0.1, -0.05) is 0 Å². The number of amides is 1. The van der Waals surface area contributed by atoms with Gasteiger partial charge in [-0.15, -0.1) is 5.10 Å². The third-order valence-electron chi connectivity index (χ3n) is 6.64. The maximum Gasteiger partial charge on any atom is 0.407 e. The monoisotopic (exact) mass is 470 g/mol. The number of nitrogens with zero attached hydrogens (tertiary/aromatic N) is 6. The van der Waals surface area contributed by atoms with E-state index in [1.54, 1.807) is 6.07 Å². The number of piperidine rings is 1. The van der Waals surface area contributed by atoms with Crippen molar-refractivity contribution in [2.45, 2.75) is 25.7 Å². The molecule has 0 bridgehead atoms. The number of aryl methyl sites for hydroxylation is 1. The molecule has 34 heavy (non-hydrogen) atoms. The van der Waals surface area contributed by atoms with Gasteiger partial charge in [-0.25, -0.2) is 9.48 Å². The summed E-state index contributed by atoms with van der Waals surface area (Å²) in [6, 6.07) is 5.74. The second-order valence-corrected chi connectivity index (χ2v) is 8.64. The molecule has 4 heterocycles. The molecule has 0 unspecified atom stereocenters. The van der Waals surface area contributed by atoms with E-state index in [0.717, 1.165) is 24.0 Å². The van der Waals surface area contributed by atoms with Crippen molar-refractivity contribution in [3.63, 3.8) is 0 Å². The zero-order valence-electron chi connectivity index (χ0n) is 19.2. The van der Waals surface area contributed by atoms with Crippen molar-refractivity contribution in [3.8, 4) is 11.8 Å². The molecule has 2 aliphatic rings. The number of halogens is 1. The summed E-state index contributed by atoms with van der Waals surface area (Å²) in [7, 11) is 1.49. The molecule has 1 amide bonds. The summed E-state index contributed by atoms with van der Waals surface area (Å²) in [6.07, 6.45) is 0.551. The standard InChI is InChI=1S/C23H27FN6O4/c1-14-11-17-18(12-16(14)15-3-5-29(6-4-15)23(31)32)30(27-21(17)24)20-13-19(25-22(26-20)33-2)28-7-9-34-10-8-28/h11-13,15H,3-10H2,1-2H3,(H,31,32). The SMILES string of the molecule is COc1nc(N2CCOCC2)cc(-n2nc(F)c3cc(C)c(C4CCN(C(=O)O)CC4)cc32)n1. The number of likely N-dealkylation sites (tertiary alicyclic amines) is 1. The van der Waals surface area contributed by atoms with E-state index in [4.69, 9.17) is 9.47 Å². The molecule has 5 rings (SSSR count). The first-order valence-electron chi connectivity index (χ1n) is 11.4. The Morgan fingerprint density at radius 2 is 1.82 bits per heavy atom. The van der Waals surface area contributed by atoms with Gasteiger partial charge in [-0.3, -0.25) is 0 Å². The topological polar surface area (TPSA) is 106 Å². The number of carbonyl (C=O) groups is 1. The summed E-state index contributed by atoms with van der Waals surface area (Å²) in [5.41, 5.74) is 2.65. The quantitative estimate of drug-likeness (QED) is 0.621. The van der Waals surface area contributed by atoms with E-state index >= 15 is 0 Å². The number of morpholine rings is 1. The first-order chi connectivity index (χ1) is 16.4. The number of benzene rings is 1. The first kappa shape index (κ1) is 22.3. The Labute approximate surface area is 195 Å². The number of hydrogen-bond donors (Lipinski definition) is 1. The lowest BCUT2D eigenvalue weighted by atomic mass is 9.86. The molecule has 180 valence electrons. The van der Waals surface area contributed by atoms with Crippen LogP contribution in [0.15, 0.2) is 18.2 Å². The van der Waals surface area contributed by atoms with E-state index in [1.807, 2.05) is 19.1 Å². The molecule has 11 heteroatoms. The molecule has 2 saturated heterocycles. The fourth-order valence-corrected chi connectivity index (χ4v) is 4.80. The molecule has 0 aliphatic carbocycles. The summed E-state index contributed by atoms with van der Waals surface area (Å²) in [5.74, 6) is 0.700. The maximum absolute atomic E-state index is 14.9. The van der Waals surface area contributed by atoms with Crippen LogP contribution in [-0.4, -0.2) is 82.4 Å². The number of anilines is 1. The van der Waals surface area contributed by atoms with Crippen molar-refractivity contribution < 1.29 is 23.8 Å². The Balaban J connectivity index is 1.55. The van der Waals surface area contributed by atoms with Gasteiger partial charge in [0.1, 0.15) is 5.82 Å². The Bertz CT molecular complexity index is 1220. The fourth-order valence-electron chi connectivity index (χ4n) is 4.80. The number of fused-ring (bicyclic) bond motifs is 1. The molecule has 2 fully saturated rings. The smallest absolute Gasteiger partial charge is 0.407 e. The van der Waals surface area contributed by atoms with Crippen LogP contribution in [0, 0.1) is 12.9 Å². The molecular weight excluding hydrogens is 443 g/mol. The molecular formula is C23H27FN6O4. The van der Waals surface area contributed by atoms with Crippen molar-refractivity contribution in [2.24, 2.45) is 0 Å². The molecule has 0 atom stereocenters. The van der Waals surface area contributed by atoms with E-state index in [-0.39, 0.29) is 11.9 Å². The number of carboxylic acid groups (broad SMARTS) is 1. The fraction of sp³-hybridized carbons (Fsp3) is 0.478. The van der Waals surface area contributed by atoms with Gasteiger partial charge < -0.3 is 24.4 Å². The highest BCUT2D eigenvalue weighted by Gasteiger charge is 2.26. The zero-order chi connectivity index (χ0) is 23.8. The van der Waals surface area contributed by atoms with Crippen molar-refractivity contribution in [1.82, 2.24) is 24.6 Å². The van der Waals surface area contributed by atoms with E-state index in [1.165, 1.54) is 16.7 Å². The van der Waals surface area contributed by atoms with E-state index < -0.39 is 12.0 Å². The lowest BCUT2D eigenvalue weighted by Gasteiger charge is -2.31. The van der Waals surface area contributed by atoms with Crippen molar-refractivity contribution in [3.05, 3.63) is 35.3 Å². The lowest BCUT2D eigenvalue weighted by molar-refractivity contribution is 0.122. The predicted molar refractivity (Wildman–Crippen MR) is 123 cm³/mol. The van der Waals surface area contributed by atoms with Gasteiger partial charge in [0.05, 0.1) is 31.2 Å². The van der Waals surface area contributed by atoms with Crippen LogP contribution in [0.25, 0.3) is 16.7 Å². The van der Waals surface area contributed by atoms with Gasteiger partial charge in [0.2, 0.25) is 5.95 Å². The molecule has 1 N–H and O–H groups in total. The number of rotatable bonds is 4. The van der Waals surface area contributed by atoms with Crippen molar-refractivity contribution >= 4 is 22.8 Å². The van der Waals surface area contributed by atoms with Crippen LogP contribution in [0.2, 0.25) is 0 Å². The summed E-state index contributed by atoms with van der Waals surface area (Å²) in [5, 5.41) is 13.8. The molecule has 2 aromatic heterocycles. The van der Waals surface area contributed by atoms with Gasteiger partial charge in [0.15, 0.2) is 5.82 Å². The Morgan fingerprint density at radius 1 is 1.12 bits per heavy atom. The van der Waals surface area contributed by atoms with Gasteiger partial charge in [-0.2, -0.15) is 14.4 Å². The lowest BCUT2D eigenvalue weighted by Crippen LogP contribution is -2.37. The number of aromatic nitrogens is 4. The van der Waals surface area contributed by atoms with Crippen LogP contribution in [-0.2, 0) is 4.74 Å². The molecule has 2 aliphatic heterocycles. The Kier molecular flexibility index (Phi) is 5.94. The molecule has 0 saturated carbocycles. The van der Waals surface area contributed by atoms with Gasteiger partial charge in [0, 0.05) is 32.2 Å². The molecule has 3 aromatic rings. The zero-order valence-corrected chi connectivity index (χ0v) is 19.2. The van der Waals surface area contributed by atoms with Gasteiger partial charge in [0.25, 0.3) is 0 Å². The molecule has 0 spiro atoms. The summed E-state index contributed by atoms with van der Waals surface area (Å²) < 4.78 is 27.2. The highest BCUT2D eigenvalue weighted by Crippen LogP contribution is 2.34. The number of methoxy groups -OCH3 is 1. The average Bonchev–Trinajstić information content (AvgIpc) is 3.19. The highest BCUT2D eigenvalue weighted by molar-refractivity contribution is 5.83. The first-order valence-corrected chi connectivity index (χ1v) is 11.4. The molecule has 1 aromatic carbocycles.